The van der Waals surface area contributed by atoms with Crippen molar-refractivity contribution in [3.05, 3.63) is 47.0 Å². The Kier molecular flexibility index (Phi) is 5.97. The van der Waals surface area contributed by atoms with E-state index in [1.54, 1.807) is 18.2 Å². The summed E-state index contributed by atoms with van der Waals surface area (Å²) in [6, 6.07) is 8.30. The quantitative estimate of drug-likeness (QED) is 0.704. The van der Waals surface area contributed by atoms with Crippen LogP contribution < -0.4 is 20.1 Å². The minimum Gasteiger partial charge on any atom is -0.497 e. The molecule has 0 amide bonds. The maximum Gasteiger partial charge on any atom is 0.418 e. The average Bonchev–Trinajstić information content (AvgIpc) is 2.55. The van der Waals surface area contributed by atoms with Gasteiger partial charge in [-0.1, -0.05) is 11.6 Å². The van der Waals surface area contributed by atoms with Crippen LogP contribution in [0.15, 0.2) is 36.4 Å². The summed E-state index contributed by atoms with van der Waals surface area (Å²) in [4.78, 5) is 0. The number of ether oxygens (including phenoxy) is 2. The fourth-order valence-electron chi connectivity index (χ4n) is 2.02. The molecule has 0 saturated carbocycles. The molecule has 0 aromatic heterocycles. The van der Waals surface area contributed by atoms with Gasteiger partial charge in [0.2, 0.25) is 0 Å². The van der Waals surface area contributed by atoms with Crippen molar-refractivity contribution < 1.29 is 22.6 Å². The molecule has 2 aromatic rings. The third-order valence-electron chi connectivity index (χ3n) is 3.14. The first kappa shape index (κ1) is 19.1. The molecule has 25 heavy (non-hydrogen) atoms. The average molecular weight is 391 g/mol. The fourth-order valence-corrected chi connectivity index (χ4v) is 2.42. The zero-order chi connectivity index (χ0) is 18.6. The van der Waals surface area contributed by atoms with E-state index in [1.165, 1.54) is 26.4 Å². The second-order valence-corrected chi connectivity index (χ2v) is 5.71. The van der Waals surface area contributed by atoms with Crippen LogP contribution in [0, 0.1) is 0 Å². The van der Waals surface area contributed by atoms with Gasteiger partial charge in [-0.15, -0.1) is 0 Å². The van der Waals surface area contributed by atoms with E-state index in [-0.39, 0.29) is 15.8 Å². The summed E-state index contributed by atoms with van der Waals surface area (Å²) in [6.45, 7) is 0. The highest BCUT2D eigenvalue weighted by atomic mass is 35.5. The maximum absolute atomic E-state index is 13.1. The SMILES string of the molecule is COc1cc(NC(=S)Nc2ccc(Cl)cc2C(F)(F)F)cc(OC)c1. The van der Waals surface area contributed by atoms with Crippen molar-refractivity contribution in [1.82, 2.24) is 0 Å². The molecule has 0 spiro atoms. The van der Waals surface area contributed by atoms with E-state index in [9.17, 15) is 13.2 Å². The van der Waals surface area contributed by atoms with Crippen molar-refractivity contribution in [3.63, 3.8) is 0 Å². The van der Waals surface area contributed by atoms with Gasteiger partial charge in [0.15, 0.2) is 5.11 Å². The van der Waals surface area contributed by atoms with Crippen LogP contribution in [0.2, 0.25) is 5.02 Å². The number of rotatable bonds is 4. The number of thiocarbonyl (C=S) groups is 1. The highest BCUT2D eigenvalue weighted by Crippen LogP contribution is 2.36. The molecule has 0 unspecified atom stereocenters. The van der Waals surface area contributed by atoms with Gasteiger partial charge in [0.25, 0.3) is 0 Å². The summed E-state index contributed by atoms with van der Waals surface area (Å²) in [7, 11) is 2.97. The molecule has 0 saturated heterocycles. The van der Waals surface area contributed by atoms with Crippen molar-refractivity contribution in [3.8, 4) is 11.5 Å². The predicted molar refractivity (Wildman–Crippen MR) is 95.8 cm³/mol. The lowest BCUT2D eigenvalue weighted by Gasteiger charge is -2.17. The minimum atomic E-state index is -4.57. The van der Waals surface area contributed by atoms with Gasteiger partial charge in [0.1, 0.15) is 11.5 Å². The largest absolute Gasteiger partial charge is 0.497 e. The van der Waals surface area contributed by atoms with Crippen LogP contribution in [0.5, 0.6) is 11.5 Å². The highest BCUT2D eigenvalue weighted by Gasteiger charge is 2.34. The van der Waals surface area contributed by atoms with Crippen LogP contribution in [0.1, 0.15) is 5.56 Å². The van der Waals surface area contributed by atoms with Crippen LogP contribution >= 0.6 is 23.8 Å². The van der Waals surface area contributed by atoms with Gasteiger partial charge in [0, 0.05) is 28.9 Å². The van der Waals surface area contributed by atoms with Crippen LogP contribution in [0.4, 0.5) is 24.5 Å². The molecule has 2 rings (SSSR count). The van der Waals surface area contributed by atoms with Crippen LogP contribution in [-0.4, -0.2) is 19.3 Å². The topological polar surface area (TPSA) is 42.5 Å². The second-order valence-electron chi connectivity index (χ2n) is 4.87. The lowest BCUT2D eigenvalue weighted by molar-refractivity contribution is -0.136. The molecule has 0 atom stereocenters. The third-order valence-corrected chi connectivity index (χ3v) is 3.58. The van der Waals surface area contributed by atoms with Crippen molar-refractivity contribution in [2.24, 2.45) is 0 Å². The van der Waals surface area contributed by atoms with E-state index < -0.39 is 11.7 Å². The van der Waals surface area contributed by atoms with Crippen molar-refractivity contribution in [2.75, 3.05) is 24.9 Å². The highest BCUT2D eigenvalue weighted by molar-refractivity contribution is 7.80. The molecule has 0 heterocycles. The van der Waals surface area contributed by atoms with E-state index >= 15 is 0 Å². The van der Waals surface area contributed by atoms with Gasteiger partial charge in [-0.2, -0.15) is 13.2 Å². The van der Waals surface area contributed by atoms with Gasteiger partial charge in [0.05, 0.1) is 25.5 Å². The Hall–Kier alpha value is -2.19. The number of anilines is 2. The third kappa shape index (κ3) is 5.14. The number of hydrogen-bond donors (Lipinski definition) is 2. The Balaban J connectivity index is 2.21. The Morgan fingerprint density at radius 3 is 2.12 bits per heavy atom. The van der Waals surface area contributed by atoms with Crippen LogP contribution in [-0.2, 0) is 6.18 Å². The number of nitrogens with one attached hydrogen (secondary N) is 2. The molecule has 9 heteroatoms. The van der Waals surface area contributed by atoms with E-state index in [1.807, 2.05) is 0 Å². The van der Waals surface area contributed by atoms with E-state index in [2.05, 4.69) is 10.6 Å². The van der Waals surface area contributed by atoms with E-state index in [0.29, 0.717) is 17.2 Å². The molecule has 0 bridgehead atoms. The Labute approximate surface area is 152 Å². The molecule has 0 aliphatic rings. The molecule has 0 aliphatic carbocycles. The number of benzene rings is 2. The lowest BCUT2D eigenvalue weighted by atomic mass is 10.1. The predicted octanol–water partition coefficient (Wildman–Crippen LogP) is 5.18. The van der Waals surface area contributed by atoms with Crippen molar-refractivity contribution in [1.29, 1.82) is 0 Å². The smallest absolute Gasteiger partial charge is 0.418 e. The zero-order valence-corrected chi connectivity index (χ0v) is 14.8. The molecule has 2 aromatic carbocycles. The van der Waals surface area contributed by atoms with Crippen LogP contribution in [0.25, 0.3) is 0 Å². The number of halogens is 4. The fraction of sp³-hybridized carbons (Fsp3) is 0.188. The second kappa shape index (κ2) is 7.79. The summed E-state index contributed by atoms with van der Waals surface area (Å²) in [5.74, 6) is 1.01. The van der Waals surface area contributed by atoms with Gasteiger partial charge >= 0.3 is 6.18 Å². The standard InChI is InChI=1S/C16H14ClF3N2O2S/c1-23-11-6-10(7-12(8-11)24-2)21-15(25)22-14-4-3-9(17)5-13(14)16(18,19)20/h3-8H,1-2H3,(H2,21,22,25). The zero-order valence-electron chi connectivity index (χ0n) is 13.2. The Morgan fingerprint density at radius 1 is 1.00 bits per heavy atom. The molecule has 0 radical (unpaired) electrons. The lowest BCUT2D eigenvalue weighted by Crippen LogP contribution is -2.21. The van der Waals surface area contributed by atoms with Crippen molar-refractivity contribution >= 4 is 40.3 Å². The number of alkyl halides is 3. The van der Waals surface area contributed by atoms with Gasteiger partial charge in [-0.05, 0) is 30.4 Å². The molecule has 4 nitrogen and oxygen atoms in total. The summed E-state index contributed by atoms with van der Waals surface area (Å²) in [5, 5.41) is 5.28. The summed E-state index contributed by atoms with van der Waals surface area (Å²) >= 11 is 10.7. The Morgan fingerprint density at radius 2 is 1.60 bits per heavy atom. The first-order chi connectivity index (χ1) is 11.7. The van der Waals surface area contributed by atoms with Gasteiger partial charge in [-0.3, -0.25) is 0 Å². The summed E-state index contributed by atoms with van der Waals surface area (Å²) < 4.78 is 49.6. The van der Waals surface area contributed by atoms with Gasteiger partial charge in [-0.25, -0.2) is 0 Å². The molecular formula is C16H14ClF3N2O2S. The first-order valence-corrected chi connectivity index (χ1v) is 7.69. The van der Waals surface area contributed by atoms with Gasteiger partial charge < -0.3 is 20.1 Å². The normalized spacial score (nSPS) is 11.0. The number of hydrogen-bond acceptors (Lipinski definition) is 3. The van der Waals surface area contributed by atoms with E-state index in [0.717, 1.165) is 6.07 Å². The summed E-state index contributed by atoms with van der Waals surface area (Å²) in [6.07, 6.45) is -4.57. The molecular weight excluding hydrogens is 377 g/mol. The maximum atomic E-state index is 13.1. The number of methoxy groups -OCH3 is 2. The molecule has 2 N–H and O–H groups in total. The summed E-state index contributed by atoms with van der Waals surface area (Å²) in [5.41, 5.74) is -0.618. The first-order valence-electron chi connectivity index (χ1n) is 6.90. The van der Waals surface area contributed by atoms with Crippen LogP contribution in [0.3, 0.4) is 0 Å². The van der Waals surface area contributed by atoms with Crippen molar-refractivity contribution in [2.45, 2.75) is 6.18 Å². The Bertz CT molecular complexity index is 762. The monoisotopic (exact) mass is 390 g/mol. The molecule has 0 fully saturated rings. The molecule has 0 aliphatic heterocycles. The minimum absolute atomic E-state index is 0.0192. The molecule has 134 valence electrons. The van der Waals surface area contributed by atoms with E-state index in [4.69, 9.17) is 33.3 Å².